The molecule has 0 unspecified atom stereocenters. The summed E-state index contributed by atoms with van der Waals surface area (Å²) in [6.07, 6.45) is 5.44. The SMILES string of the molecule is O=C(NCCCOCC1CC1)c1cc([N+](=O)[O-])ccc1N1CCCC1. The van der Waals surface area contributed by atoms with Crippen molar-refractivity contribution in [1.82, 2.24) is 5.32 Å². The van der Waals surface area contributed by atoms with E-state index in [-0.39, 0.29) is 11.6 Å². The van der Waals surface area contributed by atoms with Crippen LogP contribution in [0, 0.1) is 16.0 Å². The molecule has 25 heavy (non-hydrogen) atoms. The Morgan fingerprint density at radius 3 is 2.76 bits per heavy atom. The van der Waals surface area contributed by atoms with E-state index < -0.39 is 4.92 Å². The molecule has 136 valence electrons. The van der Waals surface area contributed by atoms with Gasteiger partial charge in [-0.3, -0.25) is 14.9 Å². The molecule has 1 aliphatic heterocycles. The molecule has 1 saturated carbocycles. The Bertz CT molecular complexity index is 625. The Morgan fingerprint density at radius 2 is 2.08 bits per heavy atom. The number of hydrogen-bond acceptors (Lipinski definition) is 5. The molecule has 0 bridgehead atoms. The first-order valence-electron chi connectivity index (χ1n) is 9.04. The number of nitrogens with one attached hydrogen (secondary N) is 1. The lowest BCUT2D eigenvalue weighted by Gasteiger charge is -2.20. The molecule has 7 heteroatoms. The van der Waals surface area contributed by atoms with Crippen molar-refractivity contribution in [3.8, 4) is 0 Å². The number of anilines is 1. The van der Waals surface area contributed by atoms with Gasteiger partial charge in [0, 0.05) is 45.0 Å². The van der Waals surface area contributed by atoms with Gasteiger partial charge < -0.3 is 15.0 Å². The van der Waals surface area contributed by atoms with Crippen molar-refractivity contribution in [3.05, 3.63) is 33.9 Å². The normalized spacial score (nSPS) is 16.9. The minimum Gasteiger partial charge on any atom is -0.381 e. The number of non-ortho nitro benzene ring substituents is 1. The lowest BCUT2D eigenvalue weighted by Crippen LogP contribution is -2.28. The van der Waals surface area contributed by atoms with Gasteiger partial charge in [-0.2, -0.15) is 0 Å². The lowest BCUT2D eigenvalue weighted by atomic mass is 10.1. The van der Waals surface area contributed by atoms with Crippen molar-refractivity contribution < 1.29 is 14.5 Å². The maximum atomic E-state index is 12.5. The fourth-order valence-corrected chi connectivity index (χ4v) is 3.06. The number of ether oxygens (including phenoxy) is 1. The highest BCUT2D eigenvalue weighted by Crippen LogP contribution is 2.29. The van der Waals surface area contributed by atoms with E-state index in [0.717, 1.165) is 50.6 Å². The number of benzene rings is 1. The highest BCUT2D eigenvalue weighted by Gasteiger charge is 2.23. The van der Waals surface area contributed by atoms with Crippen LogP contribution in [0.3, 0.4) is 0 Å². The van der Waals surface area contributed by atoms with Gasteiger partial charge in [-0.15, -0.1) is 0 Å². The molecule has 0 atom stereocenters. The third-order valence-electron chi connectivity index (χ3n) is 4.68. The average molecular weight is 347 g/mol. The molecule has 2 fully saturated rings. The van der Waals surface area contributed by atoms with E-state index in [2.05, 4.69) is 10.2 Å². The molecule has 1 saturated heterocycles. The Hall–Kier alpha value is -2.15. The highest BCUT2D eigenvalue weighted by molar-refractivity contribution is 6.00. The summed E-state index contributed by atoms with van der Waals surface area (Å²) in [4.78, 5) is 25.3. The third-order valence-corrected chi connectivity index (χ3v) is 4.68. The quantitative estimate of drug-likeness (QED) is 0.422. The lowest BCUT2D eigenvalue weighted by molar-refractivity contribution is -0.384. The minimum atomic E-state index is -0.462. The number of nitro benzene ring substituents is 1. The summed E-state index contributed by atoms with van der Waals surface area (Å²) in [6.45, 7) is 3.72. The first-order chi connectivity index (χ1) is 12.1. The van der Waals surface area contributed by atoms with Gasteiger partial charge in [-0.1, -0.05) is 0 Å². The second-order valence-corrected chi connectivity index (χ2v) is 6.78. The topological polar surface area (TPSA) is 84.7 Å². The van der Waals surface area contributed by atoms with Crippen LogP contribution >= 0.6 is 0 Å². The first-order valence-corrected chi connectivity index (χ1v) is 9.04. The van der Waals surface area contributed by atoms with E-state index in [1.807, 2.05) is 0 Å². The van der Waals surface area contributed by atoms with E-state index in [1.54, 1.807) is 6.07 Å². The van der Waals surface area contributed by atoms with Crippen LogP contribution in [0.15, 0.2) is 18.2 Å². The van der Waals surface area contributed by atoms with Crippen LogP contribution in [0.1, 0.15) is 42.5 Å². The number of carbonyl (C=O) groups is 1. The molecule has 1 amide bonds. The molecule has 1 N–H and O–H groups in total. The van der Waals surface area contributed by atoms with E-state index >= 15 is 0 Å². The Balaban J connectivity index is 1.58. The largest absolute Gasteiger partial charge is 0.381 e. The third kappa shape index (κ3) is 4.92. The van der Waals surface area contributed by atoms with E-state index in [1.165, 1.54) is 25.0 Å². The van der Waals surface area contributed by atoms with Crippen LogP contribution in [-0.2, 0) is 4.74 Å². The van der Waals surface area contributed by atoms with Gasteiger partial charge in [-0.05, 0) is 44.1 Å². The van der Waals surface area contributed by atoms with Crippen molar-refractivity contribution in [2.24, 2.45) is 5.92 Å². The van der Waals surface area contributed by atoms with Crippen molar-refractivity contribution in [2.45, 2.75) is 32.1 Å². The zero-order valence-corrected chi connectivity index (χ0v) is 14.4. The van der Waals surface area contributed by atoms with Crippen LogP contribution < -0.4 is 10.2 Å². The standard InChI is InChI=1S/C18H25N3O4/c22-18(19-8-3-11-25-13-14-4-5-14)16-12-15(21(23)24)6-7-17(16)20-9-1-2-10-20/h6-7,12,14H,1-5,8-11,13H2,(H,19,22). The Morgan fingerprint density at radius 1 is 1.32 bits per heavy atom. The first kappa shape index (κ1) is 17.7. The summed E-state index contributed by atoms with van der Waals surface area (Å²) in [5.74, 6) is 0.482. The van der Waals surface area contributed by atoms with Gasteiger partial charge >= 0.3 is 0 Å². The molecule has 1 aromatic rings. The van der Waals surface area contributed by atoms with Crippen molar-refractivity contribution >= 4 is 17.3 Å². The maximum Gasteiger partial charge on any atom is 0.270 e. The van der Waals surface area contributed by atoms with Gasteiger partial charge in [0.05, 0.1) is 16.2 Å². The number of nitrogens with zero attached hydrogens (tertiary/aromatic N) is 2. The molecule has 0 radical (unpaired) electrons. The molecular formula is C18H25N3O4. The van der Waals surface area contributed by atoms with E-state index in [0.29, 0.717) is 18.7 Å². The highest BCUT2D eigenvalue weighted by atomic mass is 16.6. The molecule has 1 aliphatic carbocycles. The molecule has 0 aromatic heterocycles. The van der Waals surface area contributed by atoms with Crippen molar-refractivity contribution in [2.75, 3.05) is 37.7 Å². The number of carbonyl (C=O) groups excluding carboxylic acids is 1. The van der Waals surface area contributed by atoms with Crippen molar-refractivity contribution in [3.63, 3.8) is 0 Å². The Kier molecular flexibility index (Phi) is 5.86. The van der Waals surface area contributed by atoms with Gasteiger partial charge in [0.25, 0.3) is 11.6 Å². The van der Waals surface area contributed by atoms with Gasteiger partial charge in [0.1, 0.15) is 0 Å². The summed E-state index contributed by atoms with van der Waals surface area (Å²) >= 11 is 0. The molecule has 1 heterocycles. The maximum absolute atomic E-state index is 12.5. The molecule has 1 aromatic carbocycles. The predicted molar refractivity (Wildman–Crippen MR) is 95.0 cm³/mol. The van der Waals surface area contributed by atoms with E-state index in [4.69, 9.17) is 4.74 Å². The predicted octanol–water partition coefficient (Wildman–Crippen LogP) is 2.74. The average Bonchev–Trinajstić information content (AvgIpc) is 3.27. The second-order valence-electron chi connectivity index (χ2n) is 6.78. The minimum absolute atomic E-state index is 0.0548. The Labute approximate surface area is 147 Å². The molecule has 2 aliphatic rings. The fourth-order valence-electron chi connectivity index (χ4n) is 3.06. The molecule has 0 spiro atoms. The summed E-state index contributed by atoms with van der Waals surface area (Å²) in [5, 5.41) is 13.9. The summed E-state index contributed by atoms with van der Waals surface area (Å²) in [6, 6.07) is 4.54. The monoisotopic (exact) mass is 347 g/mol. The van der Waals surface area contributed by atoms with Crippen LogP contribution in [0.4, 0.5) is 11.4 Å². The van der Waals surface area contributed by atoms with Crippen molar-refractivity contribution in [1.29, 1.82) is 0 Å². The smallest absolute Gasteiger partial charge is 0.270 e. The van der Waals surface area contributed by atoms with Crippen LogP contribution in [0.25, 0.3) is 0 Å². The summed E-state index contributed by atoms with van der Waals surface area (Å²) in [7, 11) is 0. The number of hydrogen-bond donors (Lipinski definition) is 1. The number of nitro groups is 1. The van der Waals surface area contributed by atoms with Crippen LogP contribution in [0.5, 0.6) is 0 Å². The van der Waals surface area contributed by atoms with Crippen LogP contribution in [-0.4, -0.2) is 43.7 Å². The summed E-state index contributed by atoms with van der Waals surface area (Å²) < 4.78 is 5.55. The molecule has 7 nitrogen and oxygen atoms in total. The number of amides is 1. The molecule has 3 rings (SSSR count). The van der Waals surface area contributed by atoms with Crippen LogP contribution in [0.2, 0.25) is 0 Å². The zero-order valence-electron chi connectivity index (χ0n) is 14.4. The van der Waals surface area contributed by atoms with Gasteiger partial charge in [-0.25, -0.2) is 0 Å². The van der Waals surface area contributed by atoms with Gasteiger partial charge in [0.2, 0.25) is 0 Å². The van der Waals surface area contributed by atoms with E-state index in [9.17, 15) is 14.9 Å². The fraction of sp³-hybridized carbons (Fsp3) is 0.611. The summed E-state index contributed by atoms with van der Waals surface area (Å²) in [5.41, 5.74) is 1.11. The molecular weight excluding hydrogens is 322 g/mol. The second kappa shape index (κ2) is 8.29. The zero-order chi connectivity index (χ0) is 17.6. The van der Waals surface area contributed by atoms with Gasteiger partial charge in [0.15, 0.2) is 0 Å². The number of rotatable bonds is 9.